The van der Waals surface area contributed by atoms with E-state index in [9.17, 15) is 36.3 Å². The van der Waals surface area contributed by atoms with Crippen LogP contribution in [0.4, 0.5) is 28.8 Å². The quantitative estimate of drug-likeness (QED) is 0.166. The van der Waals surface area contributed by atoms with Crippen LogP contribution >= 0.6 is 11.3 Å². The maximum Gasteiger partial charge on any atom is 0.573 e. The molecule has 2 amide bonds. The lowest BCUT2D eigenvalue weighted by Gasteiger charge is -2.31. The summed E-state index contributed by atoms with van der Waals surface area (Å²) < 4.78 is 77.2. The molecule has 0 bridgehead atoms. The number of sulfonamides is 1. The van der Waals surface area contributed by atoms with Crippen LogP contribution in [-0.4, -0.2) is 85.8 Å². The Morgan fingerprint density at radius 1 is 1.16 bits per heavy atom. The Kier molecular flexibility index (Phi) is 11.1. The van der Waals surface area contributed by atoms with Gasteiger partial charge in [0.05, 0.1) is 39.5 Å². The van der Waals surface area contributed by atoms with Gasteiger partial charge in [0.1, 0.15) is 5.75 Å². The number of thiazole rings is 1. The Morgan fingerprint density at radius 3 is 2.58 bits per heavy atom. The Labute approximate surface area is 290 Å². The summed E-state index contributed by atoms with van der Waals surface area (Å²) in [6.07, 6.45) is -8.66. The van der Waals surface area contributed by atoms with Gasteiger partial charge in [-0.2, -0.15) is 4.31 Å². The molecular weight excluding hydrogens is 700 g/mol. The van der Waals surface area contributed by atoms with Gasteiger partial charge >= 0.3 is 12.5 Å². The summed E-state index contributed by atoms with van der Waals surface area (Å²) in [5.41, 5.74) is 1.30. The number of halogens is 3. The second-order valence-corrected chi connectivity index (χ2v) is 14.8. The van der Waals surface area contributed by atoms with Crippen molar-refractivity contribution in [3.05, 3.63) is 78.4 Å². The van der Waals surface area contributed by atoms with Gasteiger partial charge in [0.15, 0.2) is 6.10 Å². The van der Waals surface area contributed by atoms with Gasteiger partial charge in [0, 0.05) is 19.2 Å². The van der Waals surface area contributed by atoms with E-state index in [1.165, 1.54) is 35.6 Å². The number of cyclic esters (lactones) is 1. The first-order valence-corrected chi connectivity index (χ1v) is 17.6. The van der Waals surface area contributed by atoms with Crippen LogP contribution in [0.3, 0.4) is 0 Å². The number of alkyl halides is 3. The first-order valence-electron chi connectivity index (χ1n) is 15.4. The van der Waals surface area contributed by atoms with E-state index in [-0.39, 0.29) is 42.6 Å². The first kappa shape index (κ1) is 36.7. The number of nitrogens with zero attached hydrogens (tertiary/aromatic N) is 4. The molecule has 1 aliphatic rings. The fraction of sp³-hybridized carbons (Fsp3) is 0.333. The molecule has 5 rings (SSSR count). The second kappa shape index (κ2) is 15.1. The summed E-state index contributed by atoms with van der Waals surface area (Å²) >= 11 is 1.18. The Hall–Kier alpha value is -4.58. The number of hydrogen-bond donors (Lipinski definition) is 2. The van der Waals surface area contributed by atoms with Crippen LogP contribution in [0, 0.1) is 5.92 Å². The molecule has 1 aliphatic heterocycles. The van der Waals surface area contributed by atoms with Gasteiger partial charge < -0.3 is 19.9 Å². The fourth-order valence-electron chi connectivity index (χ4n) is 5.37. The van der Waals surface area contributed by atoms with Crippen molar-refractivity contribution in [3.8, 4) is 5.75 Å². The smallest absolute Gasteiger partial charge is 0.434 e. The molecule has 0 radical (unpaired) electrons. The summed E-state index contributed by atoms with van der Waals surface area (Å²) in [5, 5.41) is 14.7. The van der Waals surface area contributed by atoms with Crippen molar-refractivity contribution >= 4 is 61.1 Å². The zero-order valence-electron chi connectivity index (χ0n) is 26.9. The van der Waals surface area contributed by atoms with Gasteiger partial charge in [0.25, 0.3) is 5.91 Å². The topological polar surface area (TPSA) is 151 Å². The average Bonchev–Trinajstić information content (AvgIpc) is 3.66. The van der Waals surface area contributed by atoms with E-state index in [0.717, 1.165) is 26.9 Å². The Morgan fingerprint density at radius 2 is 1.90 bits per heavy atom. The lowest BCUT2D eigenvalue weighted by Crippen LogP contribution is -2.53. The van der Waals surface area contributed by atoms with Gasteiger partial charge in [0.2, 0.25) is 15.2 Å². The van der Waals surface area contributed by atoms with Crippen LogP contribution in [0.25, 0.3) is 10.2 Å². The molecule has 266 valence electrons. The summed E-state index contributed by atoms with van der Waals surface area (Å²) in [4.78, 5) is 35.3. The summed E-state index contributed by atoms with van der Waals surface area (Å²) in [5.74, 6) is -1.48. The first-order chi connectivity index (χ1) is 23.6. The average molecular weight is 734 g/mol. The van der Waals surface area contributed by atoms with Crippen molar-refractivity contribution in [1.29, 1.82) is 0 Å². The molecule has 1 aromatic heterocycles. The maximum atomic E-state index is 14.0. The van der Waals surface area contributed by atoms with Crippen LogP contribution in [0.1, 0.15) is 19.4 Å². The van der Waals surface area contributed by atoms with Crippen LogP contribution in [0.2, 0.25) is 0 Å². The molecule has 3 atom stereocenters. The number of aliphatic imine (C=N–C) groups is 1. The fourth-order valence-corrected chi connectivity index (χ4v) is 7.90. The number of carbonyl (C=O) groups is 2. The highest BCUT2D eigenvalue weighted by Crippen LogP contribution is 2.32. The third-order valence-corrected chi connectivity index (χ3v) is 10.4. The summed E-state index contributed by atoms with van der Waals surface area (Å²) in [6, 6.07) is 17.0. The number of aliphatic hydroxyl groups excluding tert-OH is 1. The summed E-state index contributed by atoms with van der Waals surface area (Å²) in [7, 11) is -4.15. The Balaban J connectivity index is 1.36. The van der Waals surface area contributed by atoms with E-state index < -0.39 is 52.4 Å². The van der Waals surface area contributed by atoms with Gasteiger partial charge in [-0.25, -0.2) is 23.2 Å². The molecule has 0 saturated carbocycles. The minimum atomic E-state index is -4.95. The number of anilines is 1. The lowest BCUT2D eigenvalue weighted by atomic mass is 10.0. The summed E-state index contributed by atoms with van der Waals surface area (Å²) in [6.45, 7) is 6.45. The van der Waals surface area contributed by atoms with Crippen molar-refractivity contribution in [3.63, 3.8) is 0 Å². The van der Waals surface area contributed by atoms with Crippen molar-refractivity contribution in [2.45, 2.75) is 49.8 Å². The molecule has 2 N–H and O–H groups in total. The number of fused-ring (bicyclic) bond motifs is 1. The number of carbonyl (C=O) groups excluding carboxylic acids is 2. The van der Waals surface area contributed by atoms with Crippen molar-refractivity contribution in [2.75, 3.05) is 24.5 Å². The molecule has 3 aromatic carbocycles. The van der Waals surface area contributed by atoms with E-state index >= 15 is 0 Å². The number of amides is 2. The van der Waals surface area contributed by atoms with Crippen LogP contribution in [-0.2, 0) is 26.0 Å². The molecule has 0 unspecified atom stereocenters. The third-order valence-electron chi connectivity index (χ3n) is 7.64. The van der Waals surface area contributed by atoms with Crippen molar-refractivity contribution < 1.29 is 45.8 Å². The van der Waals surface area contributed by atoms with E-state index in [0.29, 0.717) is 15.3 Å². The van der Waals surface area contributed by atoms with Gasteiger partial charge in [-0.1, -0.05) is 61.6 Å². The van der Waals surface area contributed by atoms with Gasteiger partial charge in [-0.05, 0) is 55.0 Å². The number of benzene rings is 3. The molecule has 17 heteroatoms. The maximum absolute atomic E-state index is 14.0. The van der Waals surface area contributed by atoms with Gasteiger partial charge in [-0.15, -0.1) is 13.2 Å². The molecule has 0 aliphatic carbocycles. The number of rotatable bonds is 14. The highest BCUT2D eigenvalue weighted by atomic mass is 32.2. The number of hydrogen-bond acceptors (Lipinski definition) is 10. The zero-order valence-corrected chi connectivity index (χ0v) is 28.5. The molecule has 4 aromatic rings. The predicted octanol–water partition coefficient (Wildman–Crippen LogP) is 5.29. The minimum absolute atomic E-state index is 0.0101. The number of aromatic nitrogens is 1. The SMILES string of the molecule is C=Nc1nc2ccc(S(=O)(=O)N(CC(C)C)C[C@@H](O)[C@H](Cc3ccccc3)NC(=O)[C@@H]3CN(c4cccc(OC(F)(F)F)c4)C(=O)O3)cc2s1. The van der Waals surface area contributed by atoms with Crippen molar-refractivity contribution in [2.24, 2.45) is 10.9 Å². The van der Waals surface area contributed by atoms with Crippen LogP contribution in [0.5, 0.6) is 5.75 Å². The largest absolute Gasteiger partial charge is 0.573 e. The van der Waals surface area contributed by atoms with E-state index in [4.69, 9.17) is 4.74 Å². The molecule has 1 fully saturated rings. The normalized spacial score (nSPS) is 16.4. The van der Waals surface area contributed by atoms with Crippen molar-refractivity contribution in [1.82, 2.24) is 14.6 Å². The van der Waals surface area contributed by atoms with Crippen LogP contribution in [0.15, 0.2) is 82.7 Å². The molecule has 0 spiro atoms. The number of ether oxygens (including phenoxy) is 2. The zero-order chi connectivity index (χ0) is 36.2. The van der Waals surface area contributed by atoms with E-state index in [2.05, 4.69) is 26.7 Å². The molecule has 2 heterocycles. The monoisotopic (exact) mass is 733 g/mol. The van der Waals surface area contributed by atoms with E-state index in [1.807, 2.05) is 13.8 Å². The minimum Gasteiger partial charge on any atom is -0.434 e. The number of aliphatic hydroxyl groups is 1. The van der Waals surface area contributed by atoms with E-state index in [1.54, 1.807) is 36.4 Å². The third kappa shape index (κ3) is 8.95. The second-order valence-electron chi connectivity index (χ2n) is 11.9. The number of nitrogens with one attached hydrogen (secondary N) is 1. The molecular formula is C33H34F3N5O7S2. The standard InChI is InChI=1S/C33H34F3N5O7S2/c1-20(2)17-40(50(45,46)24-12-13-25-29(16-24)49-31(37-3)39-25)18-27(42)26(14-21-8-5-4-6-9-21)38-30(43)28-19-41(32(44)47-28)22-10-7-11-23(15-22)48-33(34,35)36/h4-13,15-16,20,26-28,42H,3,14,17-19H2,1-2H3,(H,38,43)/t26-,27+,28-/m0/s1. The highest BCUT2D eigenvalue weighted by molar-refractivity contribution is 7.89. The molecule has 1 saturated heterocycles. The van der Waals surface area contributed by atoms with Crippen LogP contribution < -0.4 is 15.0 Å². The van der Waals surface area contributed by atoms with Gasteiger partial charge in [-0.3, -0.25) is 9.69 Å². The molecule has 12 nitrogen and oxygen atoms in total. The lowest BCUT2D eigenvalue weighted by molar-refractivity contribution is -0.274. The Bertz CT molecular complexity index is 1960. The highest BCUT2D eigenvalue weighted by Gasteiger charge is 2.40. The molecule has 50 heavy (non-hydrogen) atoms. The predicted molar refractivity (Wildman–Crippen MR) is 181 cm³/mol.